The smallest absolute Gasteiger partial charge is 0.0708 e. The SMILES string of the molecule is Cc1nc2ccccc2c(C)c1C.c1ccc2ncccc2c1. The third-order valence-corrected chi connectivity index (χ3v) is 4.21. The Morgan fingerprint density at radius 2 is 1.30 bits per heavy atom. The average Bonchev–Trinajstić information content (AvgIpc) is 2.60. The van der Waals surface area contributed by atoms with Crippen molar-refractivity contribution in [2.75, 3.05) is 0 Å². The maximum absolute atomic E-state index is 4.54. The van der Waals surface area contributed by atoms with E-state index in [4.69, 9.17) is 0 Å². The molecule has 23 heavy (non-hydrogen) atoms. The Balaban J connectivity index is 0.000000140. The van der Waals surface area contributed by atoms with Crippen LogP contribution in [-0.2, 0) is 0 Å². The van der Waals surface area contributed by atoms with Crippen LogP contribution < -0.4 is 0 Å². The van der Waals surface area contributed by atoms with Crippen LogP contribution in [0.1, 0.15) is 16.8 Å². The highest BCUT2D eigenvalue weighted by Crippen LogP contribution is 2.21. The summed E-state index contributed by atoms with van der Waals surface area (Å²) in [5.41, 5.74) is 5.95. The highest BCUT2D eigenvalue weighted by Gasteiger charge is 2.03. The summed E-state index contributed by atoms with van der Waals surface area (Å²) in [6.07, 6.45) is 1.81. The first-order valence-corrected chi connectivity index (χ1v) is 7.79. The number of pyridine rings is 2. The largest absolute Gasteiger partial charge is 0.256 e. The van der Waals surface area contributed by atoms with E-state index in [9.17, 15) is 0 Å². The Morgan fingerprint density at radius 1 is 0.652 bits per heavy atom. The van der Waals surface area contributed by atoms with E-state index in [0.29, 0.717) is 0 Å². The molecule has 0 unspecified atom stereocenters. The molecule has 0 spiro atoms. The summed E-state index contributed by atoms with van der Waals surface area (Å²) in [5.74, 6) is 0. The fraction of sp³-hybridized carbons (Fsp3) is 0.143. The lowest BCUT2D eigenvalue weighted by Gasteiger charge is -2.07. The molecule has 2 nitrogen and oxygen atoms in total. The van der Waals surface area contributed by atoms with Gasteiger partial charge in [0, 0.05) is 22.7 Å². The van der Waals surface area contributed by atoms with Crippen molar-refractivity contribution < 1.29 is 0 Å². The Labute approximate surface area is 136 Å². The normalized spacial score (nSPS) is 10.4. The fourth-order valence-electron chi connectivity index (χ4n) is 2.64. The molecule has 0 fully saturated rings. The second-order valence-corrected chi connectivity index (χ2v) is 5.66. The highest BCUT2D eigenvalue weighted by atomic mass is 14.7. The molecule has 0 radical (unpaired) electrons. The molecule has 0 aliphatic rings. The summed E-state index contributed by atoms with van der Waals surface area (Å²) < 4.78 is 0. The molecule has 2 heteroatoms. The van der Waals surface area contributed by atoms with E-state index in [1.54, 1.807) is 0 Å². The summed E-state index contributed by atoms with van der Waals surface area (Å²) in [6, 6.07) is 20.4. The molecule has 0 saturated heterocycles. The molecule has 0 aliphatic heterocycles. The summed E-state index contributed by atoms with van der Waals surface area (Å²) in [7, 11) is 0. The van der Waals surface area contributed by atoms with Crippen LogP contribution in [0.5, 0.6) is 0 Å². The minimum absolute atomic E-state index is 1.06. The zero-order valence-corrected chi connectivity index (χ0v) is 13.7. The van der Waals surface area contributed by atoms with Gasteiger partial charge in [0.2, 0.25) is 0 Å². The van der Waals surface area contributed by atoms with Crippen molar-refractivity contribution in [3.63, 3.8) is 0 Å². The Kier molecular flexibility index (Phi) is 4.33. The van der Waals surface area contributed by atoms with E-state index in [1.165, 1.54) is 21.9 Å². The monoisotopic (exact) mass is 300 g/mol. The van der Waals surface area contributed by atoms with Gasteiger partial charge in [-0.05, 0) is 50.1 Å². The molecule has 0 aliphatic carbocycles. The zero-order chi connectivity index (χ0) is 16.2. The fourth-order valence-corrected chi connectivity index (χ4v) is 2.64. The van der Waals surface area contributed by atoms with Gasteiger partial charge in [0.05, 0.1) is 11.0 Å². The Bertz CT molecular complexity index is 893. The van der Waals surface area contributed by atoms with E-state index >= 15 is 0 Å². The van der Waals surface area contributed by atoms with Crippen LogP contribution >= 0.6 is 0 Å². The van der Waals surface area contributed by atoms with E-state index in [0.717, 1.165) is 16.7 Å². The molecule has 2 aromatic carbocycles. The molecule has 4 aromatic rings. The van der Waals surface area contributed by atoms with Gasteiger partial charge in [-0.15, -0.1) is 0 Å². The lowest BCUT2D eigenvalue weighted by molar-refractivity contribution is 1.17. The first kappa shape index (κ1) is 15.2. The van der Waals surface area contributed by atoms with Gasteiger partial charge in [-0.1, -0.05) is 42.5 Å². The molecule has 0 saturated carbocycles. The zero-order valence-electron chi connectivity index (χ0n) is 13.7. The first-order valence-electron chi connectivity index (χ1n) is 7.79. The highest BCUT2D eigenvalue weighted by molar-refractivity contribution is 5.83. The minimum atomic E-state index is 1.06. The van der Waals surface area contributed by atoms with Crippen LogP contribution in [0.4, 0.5) is 0 Å². The summed E-state index contributed by atoms with van der Waals surface area (Å²) in [6.45, 7) is 6.35. The molecule has 0 N–H and O–H groups in total. The van der Waals surface area contributed by atoms with E-state index < -0.39 is 0 Å². The van der Waals surface area contributed by atoms with Gasteiger partial charge < -0.3 is 0 Å². The van der Waals surface area contributed by atoms with Crippen LogP contribution in [-0.4, -0.2) is 9.97 Å². The number of hydrogen-bond acceptors (Lipinski definition) is 2. The lowest BCUT2D eigenvalue weighted by atomic mass is 10.0. The summed E-state index contributed by atoms with van der Waals surface area (Å²) in [4.78, 5) is 8.72. The van der Waals surface area contributed by atoms with E-state index in [2.05, 4.69) is 61.1 Å². The Morgan fingerprint density at radius 3 is 2.09 bits per heavy atom. The van der Waals surface area contributed by atoms with Gasteiger partial charge in [0.25, 0.3) is 0 Å². The van der Waals surface area contributed by atoms with Crippen molar-refractivity contribution in [2.24, 2.45) is 0 Å². The van der Waals surface area contributed by atoms with Gasteiger partial charge in [-0.3, -0.25) is 9.97 Å². The van der Waals surface area contributed by atoms with Gasteiger partial charge in [-0.2, -0.15) is 0 Å². The van der Waals surface area contributed by atoms with Crippen LogP contribution in [0.25, 0.3) is 21.8 Å². The topological polar surface area (TPSA) is 25.8 Å². The quantitative estimate of drug-likeness (QED) is 0.435. The average molecular weight is 300 g/mol. The van der Waals surface area contributed by atoms with Crippen LogP contribution in [0, 0.1) is 20.8 Å². The molecule has 114 valence electrons. The molecule has 0 bridgehead atoms. The van der Waals surface area contributed by atoms with Gasteiger partial charge in [0.15, 0.2) is 0 Å². The third kappa shape index (κ3) is 3.21. The van der Waals surface area contributed by atoms with Crippen molar-refractivity contribution in [3.05, 3.63) is 83.7 Å². The van der Waals surface area contributed by atoms with Gasteiger partial charge in [0.1, 0.15) is 0 Å². The number of aromatic nitrogens is 2. The van der Waals surface area contributed by atoms with Crippen molar-refractivity contribution in [1.29, 1.82) is 0 Å². The molecule has 0 atom stereocenters. The first-order chi connectivity index (χ1) is 11.2. The van der Waals surface area contributed by atoms with Gasteiger partial charge >= 0.3 is 0 Å². The number of nitrogens with zero attached hydrogens (tertiary/aromatic N) is 2. The third-order valence-electron chi connectivity index (χ3n) is 4.21. The minimum Gasteiger partial charge on any atom is -0.256 e. The maximum Gasteiger partial charge on any atom is 0.0708 e. The predicted octanol–water partition coefficient (Wildman–Crippen LogP) is 5.39. The number of hydrogen-bond donors (Lipinski definition) is 0. The molecule has 2 heterocycles. The van der Waals surface area contributed by atoms with E-state index in [1.807, 2.05) is 36.5 Å². The standard InChI is InChI=1S/C12H13N.C9H7N/c1-8-9(2)11-6-4-5-7-12(11)13-10(8)3;1-2-6-9-8(4-1)5-3-7-10-9/h4-7H,1-3H3;1-7H. The number of para-hydroxylation sites is 2. The molecule has 0 amide bonds. The number of fused-ring (bicyclic) bond motifs is 2. The lowest BCUT2D eigenvalue weighted by Crippen LogP contribution is -1.92. The van der Waals surface area contributed by atoms with Crippen LogP contribution in [0.15, 0.2) is 66.9 Å². The summed E-state index contributed by atoms with van der Waals surface area (Å²) in [5, 5.41) is 2.47. The molecular formula is C21H20N2. The van der Waals surface area contributed by atoms with Crippen molar-refractivity contribution >= 4 is 21.8 Å². The van der Waals surface area contributed by atoms with Crippen LogP contribution in [0.3, 0.4) is 0 Å². The molecule has 2 aromatic heterocycles. The number of benzene rings is 2. The second kappa shape index (κ2) is 6.57. The second-order valence-electron chi connectivity index (χ2n) is 5.66. The summed E-state index contributed by atoms with van der Waals surface area (Å²) >= 11 is 0. The van der Waals surface area contributed by atoms with Crippen molar-refractivity contribution in [2.45, 2.75) is 20.8 Å². The van der Waals surface area contributed by atoms with Gasteiger partial charge in [-0.25, -0.2) is 0 Å². The van der Waals surface area contributed by atoms with E-state index in [-0.39, 0.29) is 0 Å². The number of rotatable bonds is 0. The maximum atomic E-state index is 4.54. The van der Waals surface area contributed by atoms with Crippen LogP contribution in [0.2, 0.25) is 0 Å². The Hall–Kier alpha value is -2.74. The number of aryl methyl sites for hydroxylation is 2. The molecule has 4 rings (SSSR count). The molecular weight excluding hydrogens is 280 g/mol. The van der Waals surface area contributed by atoms with Crippen molar-refractivity contribution in [3.8, 4) is 0 Å². The van der Waals surface area contributed by atoms with Crippen molar-refractivity contribution in [1.82, 2.24) is 9.97 Å². The predicted molar refractivity (Wildman–Crippen MR) is 97.7 cm³/mol.